The maximum atomic E-state index is 11.4. The molecule has 33 heavy (non-hydrogen) atoms. The van der Waals surface area contributed by atoms with Crippen LogP contribution >= 0.6 is 0 Å². The summed E-state index contributed by atoms with van der Waals surface area (Å²) < 4.78 is 0. The minimum Gasteiger partial charge on any atom is -0.465 e. The van der Waals surface area contributed by atoms with Gasteiger partial charge in [0, 0.05) is 35.9 Å². The predicted molar refractivity (Wildman–Crippen MR) is 129 cm³/mol. The highest BCUT2D eigenvalue weighted by atomic mass is 16.4. The van der Waals surface area contributed by atoms with Crippen molar-refractivity contribution in [1.82, 2.24) is 25.8 Å². The smallest absolute Gasteiger partial charge is 0.404 e. The van der Waals surface area contributed by atoms with E-state index in [0.717, 1.165) is 28.7 Å². The van der Waals surface area contributed by atoms with Crippen LogP contribution in [0.5, 0.6) is 0 Å². The zero-order valence-corrected chi connectivity index (χ0v) is 19.7. The number of rotatable bonds is 4. The fourth-order valence-electron chi connectivity index (χ4n) is 5.36. The molecule has 3 unspecified atom stereocenters. The molecule has 0 bridgehead atoms. The van der Waals surface area contributed by atoms with Gasteiger partial charge in [-0.05, 0) is 47.9 Å². The molecule has 5 atom stereocenters. The second-order valence-corrected chi connectivity index (χ2v) is 10.4. The summed E-state index contributed by atoms with van der Waals surface area (Å²) in [7, 11) is 0. The quantitative estimate of drug-likeness (QED) is 0.383. The molecule has 0 saturated carbocycles. The third kappa shape index (κ3) is 4.64. The maximum Gasteiger partial charge on any atom is 0.404 e. The van der Waals surface area contributed by atoms with Crippen LogP contribution in [-0.2, 0) is 0 Å². The first-order valence-electron chi connectivity index (χ1n) is 11.5. The van der Waals surface area contributed by atoms with E-state index < -0.39 is 12.4 Å². The average Bonchev–Trinajstić information content (AvgIpc) is 3.21. The monoisotopic (exact) mass is 456 g/mol. The highest BCUT2D eigenvalue weighted by Gasteiger charge is 2.41. The Kier molecular flexibility index (Phi) is 6.26. The number of H-pyrrole nitrogens is 1. The number of benzene rings is 1. The Morgan fingerprint density at radius 3 is 2.79 bits per heavy atom. The molecule has 180 valence electrons. The number of nitrogens with one attached hydrogen (secondary N) is 3. The van der Waals surface area contributed by atoms with Crippen molar-refractivity contribution in [3.63, 3.8) is 0 Å². The van der Waals surface area contributed by atoms with Crippen LogP contribution in [0.25, 0.3) is 10.9 Å². The van der Waals surface area contributed by atoms with Gasteiger partial charge >= 0.3 is 6.09 Å². The molecule has 8 N–H and O–H groups in total. The van der Waals surface area contributed by atoms with Crippen LogP contribution in [0.4, 0.5) is 10.5 Å². The molecule has 10 nitrogen and oxygen atoms in total. The van der Waals surface area contributed by atoms with E-state index in [9.17, 15) is 9.90 Å². The Balaban J connectivity index is 1.49. The Morgan fingerprint density at radius 1 is 1.36 bits per heavy atom. The number of amides is 1. The molecule has 1 fully saturated rings. The second-order valence-electron chi connectivity index (χ2n) is 10.4. The number of nitrogens with zero attached hydrogens (tertiary/aromatic N) is 3. The summed E-state index contributed by atoms with van der Waals surface area (Å²) >= 11 is 0. The lowest BCUT2D eigenvalue weighted by molar-refractivity contribution is 0.110. The first-order chi connectivity index (χ1) is 15.6. The van der Waals surface area contributed by atoms with Gasteiger partial charge in [-0.1, -0.05) is 27.7 Å². The molecular formula is C23H36N8O2. The highest BCUT2D eigenvalue weighted by Crippen LogP contribution is 2.35. The van der Waals surface area contributed by atoms with Crippen molar-refractivity contribution >= 4 is 22.7 Å². The third-order valence-electron chi connectivity index (χ3n) is 7.00. The fourth-order valence-corrected chi connectivity index (χ4v) is 5.36. The number of hydrogen-bond donors (Lipinski definition) is 6. The highest BCUT2D eigenvalue weighted by molar-refractivity contribution is 5.82. The van der Waals surface area contributed by atoms with Gasteiger partial charge in [0.25, 0.3) is 0 Å². The molecule has 1 aromatic heterocycles. The van der Waals surface area contributed by atoms with E-state index >= 15 is 0 Å². The lowest BCUT2D eigenvalue weighted by Gasteiger charge is -2.48. The van der Waals surface area contributed by atoms with E-state index in [0.29, 0.717) is 13.1 Å². The van der Waals surface area contributed by atoms with Crippen LogP contribution in [0.1, 0.15) is 34.1 Å². The lowest BCUT2D eigenvalue weighted by Crippen LogP contribution is -2.64. The molecule has 1 aromatic carbocycles. The van der Waals surface area contributed by atoms with Gasteiger partial charge in [-0.2, -0.15) is 5.10 Å². The van der Waals surface area contributed by atoms with Crippen molar-refractivity contribution in [1.29, 1.82) is 0 Å². The number of aromatic nitrogens is 2. The van der Waals surface area contributed by atoms with Gasteiger partial charge in [-0.25, -0.2) is 10.6 Å². The number of anilines is 1. The number of piperidine rings is 1. The third-order valence-corrected chi connectivity index (χ3v) is 7.00. The van der Waals surface area contributed by atoms with Crippen molar-refractivity contribution in [2.75, 3.05) is 18.0 Å². The molecule has 2 aliphatic rings. The number of hydrazine groups is 1. The number of hydrogen-bond acceptors (Lipinski definition) is 7. The van der Waals surface area contributed by atoms with Gasteiger partial charge in [0.15, 0.2) is 6.29 Å². The van der Waals surface area contributed by atoms with Crippen molar-refractivity contribution in [2.45, 2.75) is 52.5 Å². The molecule has 2 aliphatic heterocycles. The minimum absolute atomic E-state index is 0.0555. The van der Waals surface area contributed by atoms with Gasteiger partial charge in [0.05, 0.1) is 17.8 Å². The van der Waals surface area contributed by atoms with Crippen LogP contribution in [0.15, 0.2) is 36.2 Å². The van der Waals surface area contributed by atoms with Crippen LogP contribution in [-0.4, -0.2) is 57.9 Å². The van der Waals surface area contributed by atoms with E-state index in [4.69, 9.17) is 11.6 Å². The first-order valence-corrected chi connectivity index (χ1v) is 11.5. The number of carbonyl (C=O) groups is 1. The van der Waals surface area contributed by atoms with Crippen molar-refractivity contribution in [2.24, 2.45) is 28.8 Å². The summed E-state index contributed by atoms with van der Waals surface area (Å²) in [5, 5.41) is 25.5. The van der Waals surface area contributed by atoms with Gasteiger partial charge in [-0.3, -0.25) is 15.8 Å². The summed E-state index contributed by atoms with van der Waals surface area (Å²) in [6.45, 7) is 9.75. The molecule has 10 heteroatoms. The summed E-state index contributed by atoms with van der Waals surface area (Å²) in [4.78, 5) is 13.4. The number of aromatic amines is 1. The fraction of sp³-hybridized carbons (Fsp3) is 0.565. The molecule has 0 aliphatic carbocycles. The first kappa shape index (κ1) is 23.3. The standard InChI is InChI=1S/C23H36N8O2/c1-13-9-15(20(23(2,3)4)28-22(32)33)11-26-19(13)18-7-8-30(21(24)31(18)25)16-6-5-14-12-27-29-17(14)10-16/h5-7,10,12-13,15,19-21,26,28H,8-9,11,24-25H2,1-4H3,(H,27,29)(H,32,33)/t13-,15-,19?,20?,21?/m1/s1. The molecule has 1 saturated heterocycles. The van der Waals surface area contributed by atoms with Gasteiger partial charge in [0.1, 0.15) is 0 Å². The van der Waals surface area contributed by atoms with Gasteiger partial charge in [0.2, 0.25) is 0 Å². The maximum absolute atomic E-state index is 11.4. The summed E-state index contributed by atoms with van der Waals surface area (Å²) in [5.41, 5.74) is 9.29. The predicted octanol–water partition coefficient (Wildman–Crippen LogP) is 1.98. The summed E-state index contributed by atoms with van der Waals surface area (Å²) in [6, 6.07) is 5.99. The Bertz CT molecular complexity index is 1030. The Morgan fingerprint density at radius 2 is 2.12 bits per heavy atom. The van der Waals surface area contributed by atoms with E-state index in [2.05, 4.69) is 54.6 Å². The molecule has 2 aromatic rings. The van der Waals surface area contributed by atoms with Crippen molar-refractivity contribution < 1.29 is 9.90 Å². The number of carboxylic acid groups (broad SMARTS) is 1. The lowest BCUT2D eigenvalue weighted by atomic mass is 9.72. The summed E-state index contributed by atoms with van der Waals surface area (Å²) in [5.74, 6) is 6.97. The van der Waals surface area contributed by atoms with E-state index in [1.54, 1.807) is 11.2 Å². The number of nitrogens with two attached hydrogens (primary N) is 2. The van der Waals surface area contributed by atoms with Gasteiger partial charge in [-0.15, -0.1) is 0 Å². The van der Waals surface area contributed by atoms with Crippen molar-refractivity contribution in [3.05, 3.63) is 36.2 Å². The summed E-state index contributed by atoms with van der Waals surface area (Å²) in [6.07, 6.45) is 3.33. The molecule has 0 radical (unpaired) electrons. The SMILES string of the molecule is C[C@@H]1C[C@@H](C(NC(=O)O)C(C)(C)C)CNC1C1=CCN(c2ccc3cn[nH]c3c2)C(N)N1N. The van der Waals surface area contributed by atoms with Crippen LogP contribution in [0, 0.1) is 17.3 Å². The van der Waals surface area contributed by atoms with Crippen LogP contribution in [0.2, 0.25) is 0 Å². The van der Waals surface area contributed by atoms with Crippen molar-refractivity contribution in [3.8, 4) is 0 Å². The van der Waals surface area contributed by atoms with E-state index in [1.165, 1.54) is 0 Å². The van der Waals surface area contributed by atoms with Crippen LogP contribution in [0.3, 0.4) is 0 Å². The molecule has 1 amide bonds. The van der Waals surface area contributed by atoms with E-state index in [1.807, 2.05) is 23.1 Å². The van der Waals surface area contributed by atoms with Gasteiger partial charge < -0.3 is 20.6 Å². The topological polar surface area (TPSA) is 149 Å². The largest absolute Gasteiger partial charge is 0.465 e. The Labute approximate surface area is 194 Å². The molecule has 4 rings (SSSR count). The normalized spacial score (nSPS) is 27.4. The average molecular weight is 457 g/mol. The Hall–Kier alpha value is -2.82. The van der Waals surface area contributed by atoms with Crippen LogP contribution < -0.4 is 27.1 Å². The molecular weight excluding hydrogens is 420 g/mol. The zero-order valence-electron chi connectivity index (χ0n) is 19.7. The molecule has 3 heterocycles. The zero-order chi connectivity index (χ0) is 23.9. The second kappa shape index (κ2) is 8.85. The minimum atomic E-state index is -0.979. The van der Waals surface area contributed by atoms with E-state index in [-0.39, 0.29) is 29.3 Å². The molecule has 0 spiro atoms. The number of fused-ring (bicyclic) bond motifs is 1.